The smallest absolute Gasteiger partial charge is 0.391 e. The van der Waals surface area contributed by atoms with E-state index < -0.39 is 17.8 Å². The lowest BCUT2D eigenvalue weighted by Crippen LogP contribution is -2.21. The van der Waals surface area contributed by atoms with Gasteiger partial charge in [0.25, 0.3) is 0 Å². The maximum atomic E-state index is 12.8. The molecule has 1 heterocycles. The quantitative estimate of drug-likeness (QED) is 0.937. The zero-order valence-electron chi connectivity index (χ0n) is 10.9. The van der Waals surface area contributed by atoms with E-state index in [0.29, 0.717) is 5.82 Å². The van der Waals surface area contributed by atoms with Crippen molar-refractivity contribution >= 4 is 0 Å². The SMILES string of the molecule is Cc1nccn1C[C@H](O)Cc1ccccc1C(F)(F)F. The molecule has 6 heteroatoms. The molecule has 1 N–H and O–H groups in total. The fourth-order valence-electron chi connectivity index (χ4n) is 2.12. The molecule has 20 heavy (non-hydrogen) atoms. The molecule has 1 aromatic heterocycles. The van der Waals surface area contributed by atoms with Crippen molar-refractivity contribution in [2.45, 2.75) is 32.2 Å². The number of rotatable bonds is 4. The van der Waals surface area contributed by atoms with Crippen LogP contribution in [0.25, 0.3) is 0 Å². The predicted octanol–water partition coefficient (Wildman–Crippen LogP) is 2.81. The average molecular weight is 284 g/mol. The molecule has 1 atom stereocenters. The van der Waals surface area contributed by atoms with Gasteiger partial charge < -0.3 is 9.67 Å². The Morgan fingerprint density at radius 1 is 1.30 bits per heavy atom. The van der Waals surface area contributed by atoms with Crippen molar-refractivity contribution in [1.82, 2.24) is 9.55 Å². The van der Waals surface area contributed by atoms with Gasteiger partial charge in [-0.05, 0) is 18.6 Å². The van der Waals surface area contributed by atoms with Crippen LogP contribution in [0, 0.1) is 6.92 Å². The van der Waals surface area contributed by atoms with Crippen LogP contribution in [0.1, 0.15) is 17.0 Å². The van der Waals surface area contributed by atoms with Crippen LogP contribution in [0.4, 0.5) is 13.2 Å². The Kier molecular flexibility index (Phi) is 4.13. The molecule has 0 aliphatic heterocycles. The standard InChI is InChI=1S/C14H15F3N2O/c1-10-18-6-7-19(10)9-12(20)8-11-4-2-3-5-13(11)14(15,16)17/h2-7,12,20H,8-9H2,1H3/t12-/m1/s1. The van der Waals surface area contributed by atoms with Gasteiger partial charge in [-0.25, -0.2) is 4.98 Å². The summed E-state index contributed by atoms with van der Waals surface area (Å²) < 4.78 is 40.2. The molecule has 3 nitrogen and oxygen atoms in total. The number of aromatic nitrogens is 2. The van der Waals surface area contributed by atoms with E-state index in [9.17, 15) is 18.3 Å². The second kappa shape index (κ2) is 5.66. The molecular formula is C14H15F3N2O. The number of aliphatic hydroxyl groups is 1. The zero-order chi connectivity index (χ0) is 14.8. The monoisotopic (exact) mass is 284 g/mol. The van der Waals surface area contributed by atoms with Crippen LogP contribution in [0.2, 0.25) is 0 Å². The molecule has 0 spiro atoms. The number of hydrogen-bond donors (Lipinski definition) is 1. The third-order valence-corrected chi connectivity index (χ3v) is 3.11. The number of hydrogen-bond acceptors (Lipinski definition) is 2. The molecular weight excluding hydrogens is 269 g/mol. The lowest BCUT2D eigenvalue weighted by Gasteiger charge is -2.16. The first-order valence-electron chi connectivity index (χ1n) is 6.19. The number of nitrogens with zero attached hydrogens (tertiary/aromatic N) is 2. The van der Waals surface area contributed by atoms with Crippen LogP contribution >= 0.6 is 0 Å². The minimum atomic E-state index is -4.40. The zero-order valence-corrected chi connectivity index (χ0v) is 10.9. The molecule has 0 unspecified atom stereocenters. The van der Waals surface area contributed by atoms with Crippen molar-refractivity contribution in [3.05, 3.63) is 53.6 Å². The van der Waals surface area contributed by atoms with Gasteiger partial charge in [-0.3, -0.25) is 0 Å². The van der Waals surface area contributed by atoms with Crippen LogP contribution in [-0.4, -0.2) is 20.8 Å². The Hall–Kier alpha value is -1.82. The largest absolute Gasteiger partial charge is 0.416 e. The number of imidazole rings is 1. The van der Waals surface area contributed by atoms with Gasteiger partial charge in [0.1, 0.15) is 5.82 Å². The van der Waals surface area contributed by atoms with E-state index in [-0.39, 0.29) is 18.5 Å². The molecule has 0 aliphatic carbocycles. The Balaban J connectivity index is 2.12. The molecule has 0 saturated carbocycles. The summed E-state index contributed by atoms with van der Waals surface area (Å²) in [6.45, 7) is 1.99. The summed E-state index contributed by atoms with van der Waals surface area (Å²) in [5.74, 6) is 0.716. The topological polar surface area (TPSA) is 38.0 Å². The van der Waals surface area contributed by atoms with E-state index >= 15 is 0 Å². The van der Waals surface area contributed by atoms with Gasteiger partial charge in [0.15, 0.2) is 0 Å². The summed E-state index contributed by atoms with van der Waals surface area (Å²) in [7, 11) is 0. The van der Waals surface area contributed by atoms with Crippen molar-refractivity contribution < 1.29 is 18.3 Å². The number of halogens is 3. The first kappa shape index (κ1) is 14.6. The molecule has 2 rings (SSSR count). The van der Waals surface area contributed by atoms with Crippen molar-refractivity contribution in [3.63, 3.8) is 0 Å². The van der Waals surface area contributed by atoms with Gasteiger partial charge in [-0.1, -0.05) is 18.2 Å². The molecule has 0 radical (unpaired) electrons. The molecule has 0 bridgehead atoms. The Morgan fingerprint density at radius 2 is 2.00 bits per heavy atom. The normalized spacial score (nSPS) is 13.4. The highest BCUT2D eigenvalue weighted by molar-refractivity contribution is 5.30. The number of aryl methyl sites for hydroxylation is 1. The minimum Gasteiger partial charge on any atom is -0.391 e. The van der Waals surface area contributed by atoms with E-state index in [0.717, 1.165) is 6.07 Å². The average Bonchev–Trinajstić information content (AvgIpc) is 2.74. The highest BCUT2D eigenvalue weighted by Crippen LogP contribution is 2.32. The Morgan fingerprint density at radius 3 is 2.60 bits per heavy atom. The molecule has 108 valence electrons. The van der Waals surface area contributed by atoms with Gasteiger partial charge in [0.05, 0.1) is 18.2 Å². The lowest BCUT2D eigenvalue weighted by molar-refractivity contribution is -0.138. The third-order valence-electron chi connectivity index (χ3n) is 3.11. The number of alkyl halides is 3. The van der Waals surface area contributed by atoms with Crippen LogP contribution < -0.4 is 0 Å². The van der Waals surface area contributed by atoms with Gasteiger partial charge in [-0.15, -0.1) is 0 Å². The molecule has 2 aromatic rings. The van der Waals surface area contributed by atoms with Gasteiger partial charge in [0, 0.05) is 18.8 Å². The highest BCUT2D eigenvalue weighted by atomic mass is 19.4. The lowest BCUT2D eigenvalue weighted by atomic mass is 10.0. The van der Waals surface area contributed by atoms with Crippen molar-refractivity contribution in [2.24, 2.45) is 0 Å². The summed E-state index contributed by atoms with van der Waals surface area (Å²) in [4.78, 5) is 4.01. The highest BCUT2D eigenvalue weighted by Gasteiger charge is 2.33. The third kappa shape index (κ3) is 3.39. The summed E-state index contributed by atoms with van der Waals surface area (Å²) in [5.41, 5.74) is -0.591. The summed E-state index contributed by atoms with van der Waals surface area (Å²) in [5, 5.41) is 9.97. The van der Waals surface area contributed by atoms with Crippen LogP contribution in [0.15, 0.2) is 36.7 Å². The van der Waals surface area contributed by atoms with E-state index in [1.165, 1.54) is 12.1 Å². The molecule has 0 amide bonds. The summed E-state index contributed by atoms with van der Waals surface area (Å²) >= 11 is 0. The Labute approximate surface area is 114 Å². The summed E-state index contributed by atoms with van der Waals surface area (Å²) in [6, 6.07) is 5.32. The fraction of sp³-hybridized carbons (Fsp3) is 0.357. The number of benzene rings is 1. The first-order chi connectivity index (χ1) is 9.38. The second-order valence-corrected chi connectivity index (χ2v) is 4.64. The molecule has 0 saturated heterocycles. The van der Waals surface area contributed by atoms with Crippen LogP contribution in [-0.2, 0) is 19.1 Å². The van der Waals surface area contributed by atoms with Crippen LogP contribution in [0.5, 0.6) is 0 Å². The van der Waals surface area contributed by atoms with Gasteiger partial charge in [-0.2, -0.15) is 13.2 Å². The first-order valence-corrected chi connectivity index (χ1v) is 6.19. The molecule has 0 fully saturated rings. The van der Waals surface area contributed by atoms with Crippen molar-refractivity contribution in [3.8, 4) is 0 Å². The summed E-state index contributed by atoms with van der Waals surface area (Å²) in [6.07, 6.45) is -2.07. The molecule has 1 aromatic carbocycles. The van der Waals surface area contributed by atoms with Crippen molar-refractivity contribution in [1.29, 1.82) is 0 Å². The van der Waals surface area contributed by atoms with E-state index in [1.807, 2.05) is 0 Å². The van der Waals surface area contributed by atoms with Crippen LogP contribution in [0.3, 0.4) is 0 Å². The van der Waals surface area contributed by atoms with E-state index in [4.69, 9.17) is 0 Å². The van der Waals surface area contributed by atoms with Crippen molar-refractivity contribution in [2.75, 3.05) is 0 Å². The molecule has 0 aliphatic rings. The predicted molar refractivity (Wildman–Crippen MR) is 68.1 cm³/mol. The maximum absolute atomic E-state index is 12.8. The number of aliphatic hydroxyl groups excluding tert-OH is 1. The van der Waals surface area contributed by atoms with Gasteiger partial charge in [0.2, 0.25) is 0 Å². The Bertz CT molecular complexity index is 578. The maximum Gasteiger partial charge on any atom is 0.416 e. The minimum absolute atomic E-state index is 0.0483. The van der Waals surface area contributed by atoms with Gasteiger partial charge >= 0.3 is 6.18 Å². The second-order valence-electron chi connectivity index (χ2n) is 4.64. The van der Waals surface area contributed by atoms with E-state index in [1.54, 1.807) is 30.0 Å². The fourth-order valence-corrected chi connectivity index (χ4v) is 2.12. The van der Waals surface area contributed by atoms with E-state index in [2.05, 4.69) is 4.98 Å².